The van der Waals surface area contributed by atoms with Crippen molar-refractivity contribution in [2.75, 3.05) is 6.54 Å². The molecule has 132 valence electrons. The molecule has 0 saturated carbocycles. The zero-order valence-electron chi connectivity index (χ0n) is 14.1. The van der Waals surface area contributed by atoms with E-state index in [1.165, 1.54) is 6.07 Å². The van der Waals surface area contributed by atoms with Gasteiger partial charge < -0.3 is 5.32 Å². The van der Waals surface area contributed by atoms with Gasteiger partial charge in [0.2, 0.25) is 0 Å². The number of rotatable bonds is 6. The standard InChI is InChI=1S/C19H17N3O3S/c1-13-7-8-15(11-17(13)22(24)25)18(23)20-10-9-16-12-26-19(21-16)14-5-3-2-4-6-14/h2-8,11-12H,9-10H2,1H3,(H,20,23). The first-order chi connectivity index (χ1) is 12.5. The molecule has 2 aromatic carbocycles. The van der Waals surface area contributed by atoms with E-state index >= 15 is 0 Å². The summed E-state index contributed by atoms with van der Waals surface area (Å²) in [6.07, 6.45) is 0.600. The van der Waals surface area contributed by atoms with E-state index in [0.717, 1.165) is 16.3 Å². The van der Waals surface area contributed by atoms with Crippen LogP contribution in [0.1, 0.15) is 21.6 Å². The van der Waals surface area contributed by atoms with E-state index in [1.807, 2.05) is 35.7 Å². The smallest absolute Gasteiger partial charge is 0.273 e. The van der Waals surface area contributed by atoms with Crippen LogP contribution in [0.5, 0.6) is 0 Å². The van der Waals surface area contributed by atoms with Crippen LogP contribution in [0.15, 0.2) is 53.9 Å². The molecule has 1 amide bonds. The summed E-state index contributed by atoms with van der Waals surface area (Å²) in [5.41, 5.74) is 2.74. The lowest BCUT2D eigenvalue weighted by Crippen LogP contribution is -2.25. The maximum absolute atomic E-state index is 12.2. The summed E-state index contributed by atoms with van der Waals surface area (Å²) in [6.45, 7) is 2.06. The van der Waals surface area contributed by atoms with Crippen molar-refractivity contribution in [3.63, 3.8) is 0 Å². The Morgan fingerprint density at radius 3 is 2.73 bits per heavy atom. The second kappa shape index (κ2) is 7.88. The SMILES string of the molecule is Cc1ccc(C(=O)NCCc2csc(-c3ccccc3)n2)cc1[N+](=O)[O-]. The predicted molar refractivity (Wildman–Crippen MR) is 101 cm³/mol. The first-order valence-electron chi connectivity index (χ1n) is 8.07. The molecular formula is C19H17N3O3S. The highest BCUT2D eigenvalue weighted by Gasteiger charge is 2.14. The molecule has 0 radical (unpaired) electrons. The fraction of sp³-hybridized carbons (Fsp3) is 0.158. The van der Waals surface area contributed by atoms with Crippen molar-refractivity contribution >= 4 is 22.9 Å². The van der Waals surface area contributed by atoms with Crippen LogP contribution in [0.2, 0.25) is 0 Å². The molecule has 0 unspecified atom stereocenters. The lowest BCUT2D eigenvalue weighted by molar-refractivity contribution is -0.385. The van der Waals surface area contributed by atoms with Crippen LogP contribution in [0.25, 0.3) is 10.6 Å². The Labute approximate surface area is 154 Å². The molecule has 0 aliphatic rings. The van der Waals surface area contributed by atoms with Crippen LogP contribution in [0, 0.1) is 17.0 Å². The van der Waals surface area contributed by atoms with Gasteiger partial charge in [0.25, 0.3) is 11.6 Å². The number of nitrogens with zero attached hydrogens (tertiary/aromatic N) is 2. The number of carbonyl (C=O) groups excluding carboxylic acids is 1. The molecule has 1 N–H and O–H groups in total. The second-order valence-corrected chi connectivity index (χ2v) is 6.63. The Bertz CT molecular complexity index is 938. The van der Waals surface area contributed by atoms with Crippen LogP contribution >= 0.6 is 11.3 Å². The second-order valence-electron chi connectivity index (χ2n) is 5.77. The van der Waals surface area contributed by atoms with Gasteiger partial charge in [0.05, 0.1) is 10.6 Å². The van der Waals surface area contributed by atoms with Crippen LogP contribution < -0.4 is 5.32 Å². The molecule has 3 aromatic rings. The minimum absolute atomic E-state index is 0.0512. The largest absolute Gasteiger partial charge is 0.352 e. The maximum Gasteiger partial charge on any atom is 0.273 e. The highest BCUT2D eigenvalue weighted by molar-refractivity contribution is 7.13. The lowest BCUT2D eigenvalue weighted by Gasteiger charge is -2.05. The molecular weight excluding hydrogens is 350 g/mol. The van der Waals surface area contributed by atoms with Gasteiger partial charge in [-0.3, -0.25) is 14.9 Å². The van der Waals surface area contributed by atoms with Gasteiger partial charge in [-0.1, -0.05) is 36.4 Å². The van der Waals surface area contributed by atoms with Crippen molar-refractivity contribution in [3.8, 4) is 10.6 Å². The summed E-state index contributed by atoms with van der Waals surface area (Å²) in [6, 6.07) is 14.4. The first-order valence-corrected chi connectivity index (χ1v) is 8.95. The average molecular weight is 367 g/mol. The van der Waals surface area contributed by atoms with Crippen molar-refractivity contribution in [1.82, 2.24) is 10.3 Å². The Morgan fingerprint density at radius 1 is 1.23 bits per heavy atom. The van der Waals surface area contributed by atoms with Gasteiger partial charge in [-0.05, 0) is 13.0 Å². The molecule has 0 atom stereocenters. The van der Waals surface area contributed by atoms with Gasteiger partial charge in [-0.15, -0.1) is 11.3 Å². The molecule has 0 aliphatic carbocycles. The highest BCUT2D eigenvalue weighted by atomic mass is 32.1. The van der Waals surface area contributed by atoms with E-state index in [4.69, 9.17) is 0 Å². The Balaban J connectivity index is 1.58. The molecule has 0 fully saturated rings. The van der Waals surface area contributed by atoms with Crippen LogP contribution in [-0.4, -0.2) is 22.4 Å². The number of amides is 1. The number of aryl methyl sites for hydroxylation is 1. The molecule has 1 heterocycles. The number of aromatic nitrogens is 1. The fourth-order valence-electron chi connectivity index (χ4n) is 2.49. The van der Waals surface area contributed by atoms with E-state index in [2.05, 4.69) is 10.3 Å². The van der Waals surface area contributed by atoms with Gasteiger partial charge in [0, 0.05) is 41.1 Å². The van der Waals surface area contributed by atoms with Crippen LogP contribution in [0.4, 0.5) is 5.69 Å². The van der Waals surface area contributed by atoms with Gasteiger partial charge >= 0.3 is 0 Å². The molecule has 3 rings (SSSR count). The summed E-state index contributed by atoms with van der Waals surface area (Å²) >= 11 is 1.57. The molecule has 0 aliphatic heterocycles. The number of thiazole rings is 1. The van der Waals surface area contributed by atoms with Gasteiger partial charge in [0.1, 0.15) is 5.01 Å². The lowest BCUT2D eigenvalue weighted by atomic mass is 10.1. The molecule has 0 bridgehead atoms. The zero-order valence-corrected chi connectivity index (χ0v) is 15.0. The summed E-state index contributed by atoms with van der Waals surface area (Å²) in [5, 5.41) is 16.7. The Kier molecular flexibility index (Phi) is 5.38. The number of nitrogens with one attached hydrogen (secondary N) is 1. The highest BCUT2D eigenvalue weighted by Crippen LogP contribution is 2.23. The van der Waals surface area contributed by atoms with Crippen molar-refractivity contribution in [3.05, 3.63) is 80.8 Å². The van der Waals surface area contributed by atoms with Gasteiger partial charge in [-0.25, -0.2) is 4.98 Å². The first kappa shape index (κ1) is 17.8. The van der Waals surface area contributed by atoms with Crippen molar-refractivity contribution < 1.29 is 9.72 Å². The predicted octanol–water partition coefficient (Wildman–Crippen LogP) is 4.00. The molecule has 0 saturated heterocycles. The summed E-state index contributed by atoms with van der Waals surface area (Å²) in [7, 11) is 0. The van der Waals surface area contributed by atoms with E-state index in [1.54, 1.807) is 30.4 Å². The van der Waals surface area contributed by atoms with Gasteiger partial charge in [-0.2, -0.15) is 0 Å². The van der Waals surface area contributed by atoms with Crippen molar-refractivity contribution in [1.29, 1.82) is 0 Å². The van der Waals surface area contributed by atoms with Crippen molar-refractivity contribution in [2.45, 2.75) is 13.3 Å². The van der Waals surface area contributed by atoms with Crippen molar-refractivity contribution in [2.24, 2.45) is 0 Å². The number of hydrogen-bond acceptors (Lipinski definition) is 5. The zero-order chi connectivity index (χ0) is 18.5. The van der Waals surface area contributed by atoms with Crippen LogP contribution in [0.3, 0.4) is 0 Å². The molecule has 6 nitrogen and oxygen atoms in total. The normalized spacial score (nSPS) is 10.5. The summed E-state index contributed by atoms with van der Waals surface area (Å²) < 4.78 is 0. The monoisotopic (exact) mass is 367 g/mol. The number of carbonyl (C=O) groups is 1. The Hall–Kier alpha value is -3.06. The number of nitro groups is 1. The quantitative estimate of drug-likeness (QED) is 0.527. The molecule has 0 spiro atoms. The summed E-state index contributed by atoms with van der Waals surface area (Å²) in [5.74, 6) is -0.327. The van der Waals surface area contributed by atoms with E-state index in [9.17, 15) is 14.9 Å². The molecule has 7 heteroatoms. The number of nitro benzene ring substituents is 1. The minimum atomic E-state index is -0.480. The third-order valence-corrected chi connectivity index (χ3v) is 4.85. The average Bonchev–Trinajstić information content (AvgIpc) is 3.11. The Morgan fingerprint density at radius 2 is 2.00 bits per heavy atom. The van der Waals surface area contributed by atoms with E-state index in [0.29, 0.717) is 18.5 Å². The number of benzene rings is 2. The fourth-order valence-corrected chi connectivity index (χ4v) is 3.35. The topological polar surface area (TPSA) is 85.1 Å². The van der Waals surface area contributed by atoms with E-state index in [-0.39, 0.29) is 17.2 Å². The van der Waals surface area contributed by atoms with Crippen LogP contribution in [-0.2, 0) is 6.42 Å². The molecule has 26 heavy (non-hydrogen) atoms. The van der Waals surface area contributed by atoms with E-state index < -0.39 is 4.92 Å². The maximum atomic E-state index is 12.2. The summed E-state index contributed by atoms with van der Waals surface area (Å²) in [4.78, 5) is 27.3. The minimum Gasteiger partial charge on any atom is -0.352 e. The molecule has 1 aromatic heterocycles. The van der Waals surface area contributed by atoms with Gasteiger partial charge in [0.15, 0.2) is 0 Å². The third-order valence-electron chi connectivity index (χ3n) is 3.91. The third kappa shape index (κ3) is 4.12. The number of hydrogen-bond donors (Lipinski definition) is 1.